The lowest BCUT2D eigenvalue weighted by molar-refractivity contribution is -0.135. The number of rotatable bonds is 11. The van der Waals surface area contributed by atoms with Gasteiger partial charge in [0.15, 0.2) is 5.67 Å². The van der Waals surface area contributed by atoms with Crippen LogP contribution in [0.5, 0.6) is 5.88 Å². The van der Waals surface area contributed by atoms with E-state index >= 15 is 4.39 Å². The number of aromatic nitrogens is 3. The number of hydrogen-bond donors (Lipinski definition) is 0. The number of alkyl halides is 1. The van der Waals surface area contributed by atoms with Crippen molar-refractivity contribution < 1.29 is 32.5 Å². The van der Waals surface area contributed by atoms with Crippen molar-refractivity contribution in [2.24, 2.45) is 0 Å². The lowest BCUT2D eigenvalue weighted by atomic mass is 9.93. The van der Waals surface area contributed by atoms with Crippen molar-refractivity contribution in [1.29, 1.82) is 0 Å². The first-order valence-corrected chi connectivity index (χ1v) is 14.2. The molecule has 6 rings (SSSR count). The van der Waals surface area contributed by atoms with Crippen LogP contribution in [-0.4, -0.2) is 54.5 Å². The van der Waals surface area contributed by atoms with Gasteiger partial charge in [-0.05, 0) is 47.0 Å². The highest BCUT2D eigenvalue weighted by molar-refractivity contribution is 5.93. The third kappa shape index (κ3) is 6.04. The second kappa shape index (κ2) is 12.5. The molecule has 0 unspecified atom stereocenters. The van der Waals surface area contributed by atoms with Crippen LogP contribution >= 0.6 is 0 Å². The fraction of sp³-hybridized carbons (Fsp3) is 0.265. The number of imidazole rings is 1. The summed E-state index contributed by atoms with van der Waals surface area (Å²) in [6.45, 7) is 1.32. The van der Waals surface area contributed by atoms with Crippen LogP contribution in [0.25, 0.3) is 22.3 Å². The van der Waals surface area contributed by atoms with Gasteiger partial charge in [0, 0.05) is 31.7 Å². The van der Waals surface area contributed by atoms with Crippen molar-refractivity contribution in [3.8, 4) is 17.1 Å². The highest BCUT2D eigenvalue weighted by Gasteiger charge is 2.40. The Balaban J connectivity index is 1.18. The predicted octanol–water partition coefficient (Wildman–Crippen LogP) is 6.04. The van der Waals surface area contributed by atoms with E-state index in [9.17, 15) is 9.18 Å². The average Bonchev–Trinajstić information content (AvgIpc) is 3.38. The molecule has 1 saturated heterocycles. The molecule has 0 spiro atoms. The molecule has 10 heteroatoms. The SMILES string of the molecule is COCCn1c(Cc2ccc(-c3cccc(OCc4ccc(C5(F)COC5)cc4)n3)cc2F)nc2ccc(C(=O)OC)cc21. The van der Waals surface area contributed by atoms with Gasteiger partial charge in [0.2, 0.25) is 5.88 Å². The van der Waals surface area contributed by atoms with Crippen molar-refractivity contribution in [2.75, 3.05) is 34.0 Å². The van der Waals surface area contributed by atoms with Gasteiger partial charge in [-0.15, -0.1) is 0 Å². The molecule has 1 aliphatic heterocycles. The summed E-state index contributed by atoms with van der Waals surface area (Å²) in [5.74, 6) is 0.208. The summed E-state index contributed by atoms with van der Waals surface area (Å²) in [6, 6.07) is 22.6. The molecule has 0 radical (unpaired) electrons. The Morgan fingerprint density at radius 2 is 1.82 bits per heavy atom. The van der Waals surface area contributed by atoms with Gasteiger partial charge in [-0.1, -0.05) is 42.5 Å². The summed E-state index contributed by atoms with van der Waals surface area (Å²) in [4.78, 5) is 21.4. The van der Waals surface area contributed by atoms with E-state index in [1.54, 1.807) is 61.7 Å². The van der Waals surface area contributed by atoms with Crippen LogP contribution in [0.1, 0.15) is 32.9 Å². The fourth-order valence-electron chi connectivity index (χ4n) is 5.17. The summed E-state index contributed by atoms with van der Waals surface area (Å²) >= 11 is 0. The molecule has 1 aliphatic rings. The Hall–Kier alpha value is -4.67. The third-order valence-electron chi connectivity index (χ3n) is 7.71. The van der Waals surface area contributed by atoms with Gasteiger partial charge >= 0.3 is 5.97 Å². The van der Waals surface area contributed by atoms with Crippen molar-refractivity contribution >= 4 is 17.0 Å². The molecule has 0 atom stereocenters. The van der Waals surface area contributed by atoms with Crippen molar-refractivity contribution in [3.63, 3.8) is 0 Å². The molecular weight excluding hydrogens is 568 g/mol. The predicted molar refractivity (Wildman–Crippen MR) is 160 cm³/mol. The number of hydrogen-bond acceptors (Lipinski definition) is 7. The van der Waals surface area contributed by atoms with E-state index in [1.165, 1.54) is 13.2 Å². The lowest BCUT2D eigenvalue weighted by Gasteiger charge is -2.34. The molecule has 5 aromatic rings. The first kappa shape index (κ1) is 29.4. The molecule has 0 aliphatic carbocycles. The quantitative estimate of drug-likeness (QED) is 0.171. The summed E-state index contributed by atoms with van der Waals surface area (Å²) < 4.78 is 53.0. The van der Waals surface area contributed by atoms with Gasteiger partial charge in [-0.3, -0.25) is 0 Å². The van der Waals surface area contributed by atoms with E-state index < -0.39 is 11.6 Å². The Labute approximate surface area is 253 Å². The summed E-state index contributed by atoms with van der Waals surface area (Å²) in [7, 11) is 2.94. The molecule has 2 aromatic heterocycles. The number of ether oxygens (including phenoxy) is 4. The Bertz CT molecular complexity index is 1800. The van der Waals surface area contributed by atoms with E-state index in [-0.39, 0.29) is 32.1 Å². The number of methoxy groups -OCH3 is 2. The zero-order chi connectivity index (χ0) is 30.7. The number of nitrogens with zero attached hydrogens (tertiary/aromatic N) is 3. The second-order valence-electron chi connectivity index (χ2n) is 10.7. The summed E-state index contributed by atoms with van der Waals surface area (Å²) in [6.07, 6.45) is 0.240. The maximum absolute atomic E-state index is 15.5. The van der Waals surface area contributed by atoms with E-state index in [0.29, 0.717) is 58.3 Å². The minimum Gasteiger partial charge on any atom is -0.473 e. The van der Waals surface area contributed by atoms with Crippen LogP contribution in [0.2, 0.25) is 0 Å². The smallest absolute Gasteiger partial charge is 0.337 e. The van der Waals surface area contributed by atoms with Gasteiger partial charge in [-0.2, -0.15) is 0 Å². The Morgan fingerprint density at radius 3 is 2.52 bits per heavy atom. The molecule has 1 fully saturated rings. The molecular formula is C34H31F2N3O5. The Kier molecular flexibility index (Phi) is 8.36. The molecule has 0 N–H and O–H groups in total. The van der Waals surface area contributed by atoms with Gasteiger partial charge in [-0.25, -0.2) is 23.5 Å². The molecule has 0 saturated carbocycles. The molecule has 8 nitrogen and oxygen atoms in total. The molecule has 0 bridgehead atoms. The van der Waals surface area contributed by atoms with Crippen LogP contribution in [0, 0.1) is 5.82 Å². The first-order valence-electron chi connectivity index (χ1n) is 14.2. The first-order chi connectivity index (χ1) is 21.4. The normalized spacial score (nSPS) is 13.9. The van der Waals surface area contributed by atoms with E-state index in [2.05, 4.69) is 4.98 Å². The lowest BCUT2D eigenvalue weighted by Crippen LogP contribution is -2.42. The maximum atomic E-state index is 15.5. The Morgan fingerprint density at radius 1 is 1.00 bits per heavy atom. The minimum absolute atomic E-state index is 0.0796. The number of esters is 1. The zero-order valence-electron chi connectivity index (χ0n) is 24.4. The van der Waals surface area contributed by atoms with Gasteiger partial charge in [0.25, 0.3) is 0 Å². The highest BCUT2D eigenvalue weighted by atomic mass is 19.1. The standard InChI is InChI=1S/C34H31F2N3O5/c1-41-15-14-39-30-17-25(33(40)42-2)10-13-29(30)37-31(39)18-23-8-9-24(16-27(23)35)28-4-3-5-32(38-28)44-19-22-6-11-26(12-7-22)34(36)20-43-21-34/h3-13,16-17H,14-15,18-21H2,1-2H3. The molecule has 0 amide bonds. The second-order valence-corrected chi connectivity index (χ2v) is 10.7. The molecule has 3 heterocycles. The van der Waals surface area contributed by atoms with Crippen LogP contribution in [0.4, 0.5) is 8.78 Å². The molecule has 44 heavy (non-hydrogen) atoms. The van der Waals surface area contributed by atoms with Crippen LogP contribution in [0.15, 0.2) is 78.9 Å². The van der Waals surface area contributed by atoms with Gasteiger partial charge < -0.3 is 23.5 Å². The number of carbonyl (C=O) groups is 1. The number of halogens is 2. The number of fused-ring (bicyclic) bond motifs is 1. The topological polar surface area (TPSA) is 84.7 Å². The monoisotopic (exact) mass is 599 g/mol. The van der Waals surface area contributed by atoms with Crippen molar-refractivity contribution in [1.82, 2.24) is 14.5 Å². The van der Waals surface area contributed by atoms with E-state index in [0.717, 1.165) is 11.1 Å². The van der Waals surface area contributed by atoms with Crippen molar-refractivity contribution in [3.05, 3.63) is 113 Å². The van der Waals surface area contributed by atoms with Crippen LogP contribution < -0.4 is 4.74 Å². The largest absolute Gasteiger partial charge is 0.473 e. The van der Waals surface area contributed by atoms with Gasteiger partial charge in [0.1, 0.15) is 18.2 Å². The van der Waals surface area contributed by atoms with Crippen molar-refractivity contribution in [2.45, 2.75) is 25.2 Å². The fourth-order valence-corrected chi connectivity index (χ4v) is 5.17. The summed E-state index contributed by atoms with van der Waals surface area (Å²) in [5.41, 5.74) is 3.54. The van der Waals surface area contributed by atoms with E-state index in [4.69, 9.17) is 23.9 Å². The third-order valence-corrected chi connectivity index (χ3v) is 7.71. The average molecular weight is 600 g/mol. The van der Waals surface area contributed by atoms with Crippen LogP contribution in [0.3, 0.4) is 0 Å². The number of carbonyl (C=O) groups excluding carboxylic acids is 1. The summed E-state index contributed by atoms with van der Waals surface area (Å²) in [5, 5.41) is 0. The molecule has 226 valence electrons. The zero-order valence-corrected chi connectivity index (χ0v) is 24.4. The molecule has 3 aromatic carbocycles. The number of pyridine rings is 1. The maximum Gasteiger partial charge on any atom is 0.337 e. The number of benzene rings is 3. The van der Waals surface area contributed by atoms with E-state index in [1.807, 2.05) is 22.8 Å². The minimum atomic E-state index is -1.41. The van der Waals surface area contributed by atoms with Gasteiger partial charge in [0.05, 0.1) is 49.2 Å². The van der Waals surface area contributed by atoms with Crippen LogP contribution in [-0.2, 0) is 39.5 Å². The highest BCUT2D eigenvalue weighted by Crippen LogP contribution is 2.34.